The van der Waals surface area contributed by atoms with Crippen molar-refractivity contribution in [3.05, 3.63) is 64.2 Å². The van der Waals surface area contributed by atoms with Crippen LogP contribution >= 0.6 is 0 Å². The van der Waals surface area contributed by atoms with E-state index in [4.69, 9.17) is 4.42 Å². The zero-order chi connectivity index (χ0) is 15.6. The molecule has 0 saturated carbocycles. The van der Waals surface area contributed by atoms with Gasteiger partial charge < -0.3 is 4.42 Å². The van der Waals surface area contributed by atoms with Crippen LogP contribution in [0, 0.1) is 0 Å². The van der Waals surface area contributed by atoms with Crippen molar-refractivity contribution in [2.75, 3.05) is 0 Å². The molecule has 2 aromatic rings. The maximum absolute atomic E-state index is 12.9. The van der Waals surface area contributed by atoms with Crippen LogP contribution in [0.2, 0.25) is 0 Å². The summed E-state index contributed by atoms with van der Waals surface area (Å²) in [4.78, 5) is 22.6. The second kappa shape index (κ2) is 5.42. The molecule has 2 rings (SSSR count). The van der Waals surface area contributed by atoms with E-state index in [0.29, 0.717) is 11.6 Å². The molecule has 3 nitrogen and oxygen atoms in total. The lowest BCUT2D eigenvalue weighted by atomic mass is 10.0. The molecule has 0 unspecified atom stereocenters. The van der Waals surface area contributed by atoms with Crippen molar-refractivity contribution >= 4 is 16.8 Å². The first-order valence-electron chi connectivity index (χ1n) is 5.84. The number of rotatable bonds is 3. The molecule has 1 aromatic carbocycles. The maximum Gasteiger partial charge on any atom is 0.417 e. The highest BCUT2D eigenvalue weighted by Crippen LogP contribution is 2.33. The van der Waals surface area contributed by atoms with Crippen LogP contribution in [0.5, 0.6) is 0 Å². The highest BCUT2D eigenvalue weighted by atomic mass is 19.4. The minimum atomic E-state index is -4.66. The van der Waals surface area contributed by atoms with Crippen LogP contribution in [0.25, 0.3) is 11.0 Å². The van der Waals surface area contributed by atoms with Crippen LogP contribution < -0.4 is 5.63 Å². The molecule has 6 heteroatoms. The van der Waals surface area contributed by atoms with Crippen molar-refractivity contribution in [2.24, 2.45) is 0 Å². The van der Waals surface area contributed by atoms with Crippen molar-refractivity contribution in [1.29, 1.82) is 0 Å². The SMILES string of the molecule is C=C=CC(=O)Cc1ccc2c(C(F)(F)F)cc(=O)oc2c1. The van der Waals surface area contributed by atoms with Gasteiger partial charge in [-0.25, -0.2) is 4.79 Å². The lowest BCUT2D eigenvalue weighted by Gasteiger charge is -2.09. The molecule has 1 heterocycles. The van der Waals surface area contributed by atoms with Gasteiger partial charge in [0.25, 0.3) is 0 Å². The van der Waals surface area contributed by atoms with Gasteiger partial charge >= 0.3 is 11.8 Å². The van der Waals surface area contributed by atoms with Gasteiger partial charge in [0.15, 0.2) is 5.78 Å². The summed E-state index contributed by atoms with van der Waals surface area (Å²) in [6, 6.07) is 4.22. The number of hydrogen-bond acceptors (Lipinski definition) is 3. The van der Waals surface area contributed by atoms with Gasteiger partial charge in [0.05, 0.1) is 5.56 Å². The molecule has 0 aliphatic carbocycles. The van der Waals surface area contributed by atoms with Crippen LogP contribution in [-0.2, 0) is 17.4 Å². The number of alkyl halides is 3. The molecule has 0 aliphatic heterocycles. The summed E-state index contributed by atoms with van der Waals surface area (Å²) in [5, 5.41) is -0.224. The Labute approximate surface area is 117 Å². The van der Waals surface area contributed by atoms with E-state index in [1.54, 1.807) is 0 Å². The molecule has 0 aliphatic rings. The lowest BCUT2D eigenvalue weighted by molar-refractivity contribution is -0.136. The molecule has 0 spiro atoms. The number of allylic oxidation sites excluding steroid dienone is 1. The first-order chi connectivity index (χ1) is 9.81. The van der Waals surface area contributed by atoms with Gasteiger partial charge in [0.2, 0.25) is 0 Å². The summed E-state index contributed by atoms with van der Waals surface area (Å²) in [5.41, 5.74) is 0.391. The van der Waals surface area contributed by atoms with E-state index in [1.165, 1.54) is 18.2 Å². The zero-order valence-corrected chi connectivity index (χ0v) is 10.7. The summed E-state index contributed by atoms with van der Waals surface area (Å²) >= 11 is 0. The highest BCUT2D eigenvalue weighted by molar-refractivity contribution is 5.92. The smallest absolute Gasteiger partial charge is 0.417 e. The van der Waals surface area contributed by atoms with E-state index < -0.39 is 17.4 Å². The van der Waals surface area contributed by atoms with Crippen molar-refractivity contribution in [3.63, 3.8) is 0 Å². The summed E-state index contributed by atoms with van der Waals surface area (Å²) in [6.07, 6.45) is -3.57. The number of carbonyl (C=O) groups excluding carboxylic acids is 1. The van der Waals surface area contributed by atoms with E-state index in [1.807, 2.05) is 0 Å². The molecule has 0 radical (unpaired) electrons. The normalized spacial score (nSPS) is 11.2. The third-order valence-electron chi connectivity index (χ3n) is 2.76. The van der Waals surface area contributed by atoms with E-state index in [9.17, 15) is 22.8 Å². The van der Waals surface area contributed by atoms with Crippen molar-refractivity contribution in [3.8, 4) is 0 Å². The average Bonchev–Trinajstić information content (AvgIpc) is 2.36. The molecule has 1 aromatic heterocycles. The fraction of sp³-hybridized carbons (Fsp3) is 0.133. The summed E-state index contributed by atoms with van der Waals surface area (Å²) in [7, 11) is 0. The fourth-order valence-electron chi connectivity index (χ4n) is 1.92. The quantitative estimate of drug-likeness (QED) is 0.496. The number of ketones is 1. The second-order valence-corrected chi connectivity index (χ2v) is 4.30. The Hall–Kier alpha value is -2.59. The first kappa shape index (κ1) is 14.8. The van der Waals surface area contributed by atoms with E-state index in [0.717, 1.165) is 6.08 Å². The summed E-state index contributed by atoms with van der Waals surface area (Å²) < 4.78 is 43.3. The number of fused-ring (bicyclic) bond motifs is 1. The average molecular weight is 294 g/mol. The topological polar surface area (TPSA) is 47.3 Å². The Bertz CT molecular complexity index is 809. The fourth-order valence-corrected chi connectivity index (χ4v) is 1.92. The minimum Gasteiger partial charge on any atom is -0.423 e. The summed E-state index contributed by atoms with van der Waals surface area (Å²) in [6.45, 7) is 3.26. The highest BCUT2D eigenvalue weighted by Gasteiger charge is 2.33. The van der Waals surface area contributed by atoms with Crippen LogP contribution in [0.3, 0.4) is 0 Å². The van der Waals surface area contributed by atoms with Crippen molar-refractivity contribution in [2.45, 2.75) is 12.6 Å². The van der Waals surface area contributed by atoms with Gasteiger partial charge in [-0.1, -0.05) is 18.7 Å². The largest absolute Gasteiger partial charge is 0.423 e. The molecular formula is C15H9F3O3. The monoisotopic (exact) mass is 294 g/mol. The second-order valence-electron chi connectivity index (χ2n) is 4.30. The van der Waals surface area contributed by atoms with Gasteiger partial charge in [0.1, 0.15) is 5.58 Å². The molecule has 21 heavy (non-hydrogen) atoms. The number of carbonyl (C=O) groups is 1. The van der Waals surface area contributed by atoms with Crippen LogP contribution in [-0.4, -0.2) is 5.78 Å². The van der Waals surface area contributed by atoms with Gasteiger partial charge in [0, 0.05) is 23.9 Å². The number of halogens is 3. The Kier molecular flexibility index (Phi) is 3.82. The van der Waals surface area contributed by atoms with E-state index in [-0.39, 0.29) is 23.2 Å². The number of benzene rings is 1. The standard InChI is InChI=1S/C15H9F3O3/c1-2-3-10(19)6-9-4-5-11-12(15(16,17)18)8-14(20)21-13(11)7-9/h3-5,7-8H,1,6H2. The summed E-state index contributed by atoms with van der Waals surface area (Å²) in [5.74, 6) is -0.307. The Morgan fingerprint density at radius 2 is 2.05 bits per heavy atom. The predicted octanol–water partition coefficient (Wildman–Crippen LogP) is 3.26. The predicted molar refractivity (Wildman–Crippen MR) is 69.9 cm³/mol. The van der Waals surface area contributed by atoms with Gasteiger partial charge in [-0.15, -0.1) is 5.73 Å². The Morgan fingerprint density at radius 1 is 1.33 bits per heavy atom. The van der Waals surface area contributed by atoms with E-state index >= 15 is 0 Å². The maximum atomic E-state index is 12.9. The zero-order valence-electron chi connectivity index (χ0n) is 10.7. The van der Waals surface area contributed by atoms with Crippen molar-refractivity contribution in [1.82, 2.24) is 0 Å². The van der Waals surface area contributed by atoms with Crippen LogP contribution in [0.1, 0.15) is 11.1 Å². The molecular weight excluding hydrogens is 285 g/mol. The van der Waals surface area contributed by atoms with Gasteiger partial charge in [-0.2, -0.15) is 13.2 Å². The molecule has 0 amide bonds. The number of hydrogen-bond donors (Lipinski definition) is 0. The molecule has 0 N–H and O–H groups in total. The van der Waals surface area contributed by atoms with Crippen molar-refractivity contribution < 1.29 is 22.4 Å². The molecule has 0 fully saturated rings. The lowest BCUT2D eigenvalue weighted by Crippen LogP contribution is -2.11. The molecule has 0 bridgehead atoms. The Morgan fingerprint density at radius 3 is 2.67 bits per heavy atom. The minimum absolute atomic E-state index is 0.0432. The van der Waals surface area contributed by atoms with E-state index in [2.05, 4.69) is 12.3 Å². The van der Waals surface area contributed by atoms with Crippen LogP contribution in [0.15, 0.2) is 51.9 Å². The third-order valence-corrected chi connectivity index (χ3v) is 2.76. The molecule has 0 atom stereocenters. The van der Waals surface area contributed by atoms with Gasteiger partial charge in [-0.3, -0.25) is 4.79 Å². The third kappa shape index (κ3) is 3.30. The molecule has 0 saturated heterocycles. The van der Waals surface area contributed by atoms with Gasteiger partial charge in [-0.05, 0) is 11.6 Å². The Balaban J connectivity index is 2.57. The first-order valence-corrected chi connectivity index (χ1v) is 5.84. The van der Waals surface area contributed by atoms with Crippen LogP contribution in [0.4, 0.5) is 13.2 Å². The molecule has 108 valence electrons.